The number of nitrogens with one attached hydrogen (secondary N) is 1. The highest BCUT2D eigenvalue weighted by Gasteiger charge is 2.22. The lowest BCUT2D eigenvalue weighted by atomic mass is 10.0. The minimum absolute atomic E-state index is 0.0983. The van der Waals surface area contributed by atoms with Gasteiger partial charge in [0.05, 0.1) is 5.92 Å². The second-order valence-corrected chi connectivity index (χ2v) is 3.65. The van der Waals surface area contributed by atoms with Gasteiger partial charge in [-0.05, 0) is 18.6 Å². The summed E-state index contributed by atoms with van der Waals surface area (Å²) >= 11 is 0. The van der Waals surface area contributed by atoms with E-state index in [1.807, 2.05) is 30.3 Å². The van der Waals surface area contributed by atoms with Crippen molar-refractivity contribution in [3.63, 3.8) is 0 Å². The Morgan fingerprint density at radius 2 is 2.13 bits per heavy atom. The molecule has 0 bridgehead atoms. The molecule has 1 unspecified atom stereocenters. The zero-order valence-electron chi connectivity index (χ0n) is 8.49. The molecule has 1 heterocycles. The zero-order chi connectivity index (χ0) is 10.5. The highest BCUT2D eigenvalue weighted by atomic mass is 16.2. The minimum Gasteiger partial charge on any atom is -0.356 e. The lowest BCUT2D eigenvalue weighted by Gasteiger charge is -1.98. The molecular weight excluding hydrogens is 186 g/mol. The molecule has 1 aliphatic heterocycles. The van der Waals surface area contributed by atoms with Crippen LogP contribution in [0.2, 0.25) is 0 Å². The summed E-state index contributed by atoms with van der Waals surface area (Å²) in [6.07, 6.45) is 1.59. The van der Waals surface area contributed by atoms with E-state index in [0.29, 0.717) is 6.42 Å². The molecule has 2 rings (SSSR count). The van der Waals surface area contributed by atoms with Gasteiger partial charge in [-0.1, -0.05) is 30.0 Å². The van der Waals surface area contributed by atoms with Crippen molar-refractivity contribution in [3.05, 3.63) is 35.9 Å². The molecule has 0 aliphatic carbocycles. The topological polar surface area (TPSA) is 29.1 Å². The van der Waals surface area contributed by atoms with Gasteiger partial charge in [0.15, 0.2) is 0 Å². The first-order chi connectivity index (χ1) is 7.36. The van der Waals surface area contributed by atoms with Gasteiger partial charge in [-0.3, -0.25) is 4.79 Å². The second-order valence-electron chi connectivity index (χ2n) is 3.65. The average molecular weight is 199 g/mol. The average Bonchev–Trinajstić information content (AvgIpc) is 2.66. The van der Waals surface area contributed by atoms with Crippen molar-refractivity contribution in [3.8, 4) is 11.8 Å². The molecule has 1 N–H and O–H groups in total. The first-order valence-corrected chi connectivity index (χ1v) is 5.18. The van der Waals surface area contributed by atoms with E-state index < -0.39 is 0 Å². The standard InChI is InChI=1S/C13H13NO/c15-13-12(9-10-14-13)8-4-7-11-5-2-1-3-6-11/h1-3,5-6,12H,8-10H2,(H,14,15). The van der Waals surface area contributed by atoms with E-state index in [4.69, 9.17) is 0 Å². The normalized spacial score (nSPS) is 19.2. The third kappa shape index (κ3) is 2.60. The summed E-state index contributed by atoms with van der Waals surface area (Å²) in [5.74, 6) is 6.37. The van der Waals surface area contributed by atoms with Crippen LogP contribution in [-0.4, -0.2) is 12.5 Å². The molecule has 1 aromatic carbocycles. The summed E-state index contributed by atoms with van der Waals surface area (Å²) in [6, 6.07) is 9.84. The summed E-state index contributed by atoms with van der Waals surface area (Å²) in [7, 11) is 0. The molecule has 1 aromatic rings. The Kier molecular flexibility index (Phi) is 3.04. The lowest BCUT2D eigenvalue weighted by Crippen LogP contribution is -2.18. The Morgan fingerprint density at radius 1 is 1.33 bits per heavy atom. The highest BCUT2D eigenvalue weighted by Crippen LogP contribution is 2.12. The number of hydrogen-bond acceptors (Lipinski definition) is 1. The number of carbonyl (C=O) groups excluding carboxylic acids is 1. The Balaban J connectivity index is 1.93. The van der Waals surface area contributed by atoms with Gasteiger partial charge in [-0.2, -0.15) is 0 Å². The summed E-state index contributed by atoms with van der Waals surface area (Å²) in [4.78, 5) is 11.2. The third-order valence-electron chi connectivity index (χ3n) is 2.52. The van der Waals surface area contributed by atoms with Crippen molar-refractivity contribution in [2.75, 3.05) is 6.54 Å². The van der Waals surface area contributed by atoms with Crippen LogP contribution >= 0.6 is 0 Å². The molecule has 0 radical (unpaired) electrons. The van der Waals surface area contributed by atoms with Crippen molar-refractivity contribution in [2.45, 2.75) is 12.8 Å². The molecule has 0 spiro atoms. The first kappa shape index (κ1) is 9.79. The SMILES string of the molecule is O=C1NCCC1CC#Cc1ccccc1. The number of rotatable bonds is 1. The van der Waals surface area contributed by atoms with Crippen LogP contribution in [0.1, 0.15) is 18.4 Å². The van der Waals surface area contributed by atoms with E-state index in [1.165, 1.54) is 0 Å². The fraction of sp³-hybridized carbons (Fsp3) is 0.308. The van der Waals surface area contributed by atoms with Crippen LogP contribution in [0.15, 0.2) is 30.3 Å². The van der Waals surface area contributed by atoms with E-state index in [1.54, 1.807) is 0 Å². The Bertz CT molecular complexity index is 400. The van der Waals surface area contributed by atoms with Gasteiger partial charge in [-0.15, -0.1) is 0 Å². The maximum atomic E-state index is 11.2. The van der Waals surface area contributed by atoms with Crippen molar-refractivity contribution >= 4 is 5.91 Å². The maximum absolute atomic E-state index is 11.2. The molecule has 1 aliphatic rings. The van der Waals surface area contributed by atoms with E-state index in [9.17, 15) is 4.79 Å². The first-order valence-electron chi connectivity index (χ1n) is 5.18. The smallest absolute Gasteiger partial charge is 0.224 e. The van der Waals surface area contributed by atoms with Crippen LogP contribution in [0.5, 0.6) is 0 Å². The van der Waals surface area contributed by atoms with Crippen LogP contribution in [-0.2, 0) is 4.79 Å². The predicted octanol–water partition coefficient (Wildman–Crippen LogP) is 1.56. The lowest BCUT2D eigenvalue weighted by molar-refractivity contribution is -0.122. The predicted molar refractivity (Wildman–Crippen MR) is 59.1 cm³/mol. The zero-order valence-corrected chi connectivity index (χ0v) is 8.49. The molecule has 1 atom stereocenters. The fourth-order valence-corrected chi connectivity index (χ4v) is 1.64. The van der Waals surface area contributed by atoms with Crippen molar-refractivity contribution in [1.82, 2.24) is 5.32 Å². The van der Waals surface area contributed by atoms with Gasteiger partial charge in [0.2, 0.25) is 5.91 Å². The van der Waals surface area contributed by atoms with Crippen molar-refractivity contribution < 1.29 is 4.79 Å². The van der Waals surface area contributed by atoms with E-state index >= 15 is 0 Å². The molecule has 1 fully saturated rings. The van der Waals surface area contributed by atoms with Gasteiger partial charge in [-0.25, -0.2) is 0 Å². The summed E-state index contributed by atoms with van der Waals surface area (Å²) < 4.78 is 0. The van der Waals surface area contributed by atoms with Gasteiger partial charge in [0.1, 0.15) is 0 Å². The maximum Gasteiger partial charge on any atom is 0.224 e. The Hall–Kier alpha value is -1.75. The van der Waals surface area contributed by atoms with Crippen molar-refractivity contribution in [2.24, 2.45) is 5.92 Å². The number of carbonyl (C=O) groups is 1. The van der Waals surface area contributed by atoms with Gasteiger partial charge in [0, 0.05) is 18.5 Å². The summed E-state index contributed by atoms with van der Waals surface area (Å²) in [5.41, 5.74) is 1.01. The van der Waals surface area contributed by atoms with Crippen LogP contribution < -0.4 is 5.32 Å². The fourth-order valence-electron chi connectivity index (χ4n) is 1.64. The second kappa shape index (κ2) is 4.65. The van der Waals surface area contributed by atoms with Crippen LogP contribution in [0.3, 0.4) is 0 Å². The highest BCUT2D eigenvalue weighted by molar-refractivity contribution is 5.80. The largest absolute Gasteiger partial charge is 0.356 e. The monoisotopic (exact) mass is 199 g/mol. The quantitative estimate of drug-likeness (QED) is 0.683. The Labute approximate surface area is 89.7 Å². The minimum atomic E-state index is 0.0983. The molecule has 0 saturated carbocycles. The summed E-state index contributed by atoms with van der Waals surface area (Å²) in [5, 5.41) is 2.81. The number of amides is 1. The molecule has 1 amide bonds. The van der Waals surface area contributed by atoms with E-state index in [-0.39, 0.29) is 11.8 Å². The van der Waals surface area contributed by atoms with Gasteiger partial charge < -0.3 is 5.32 Å². The number of benzene rings is 1. The molecule has 2 nitrogen and oxygen atoms in total. The molecule has 0 aromatic heterocycles. The number of hydrogen-bond donors (Lipinski definition) is 1. The van der Waals surface area contributed by atoms with E-state index in [0.717, 1.165) is 18.5 Å². The van der Waals surface area contributed by atoms with Crippen LogP contribution in [0.25, 0.3) is 0 Å². The molecule has 2 heteroatoms. The van der Waals surface area contributed by atoms with E-state index in [2.05, 4.69) is 17.2 Å². The molecule has 1 saturated heterocycles. The van der Waals surface area contributed by atoms with Crippen LogP contribution in [0.4, 0.5) is 0 Å². The van der Waals surface area contributed by atoms with Crippen LogP contribution in [0, 0.1) is 17.8 Å². The molecule has 76 valence electrons. The van der Waals surface area contributed by atoms with Gasteiger partial charge >= 0.3 is 0 Å². The molecule has 15 heavy (non-hydrogen) atoms. The third-order valence-corrected chi connectivity index (χ3v) is 2.52. The molecular formula is C13H13NO. The van der Waals surface area contributed by atoms with Gasteiger partial charge in [0.25, 0.3) is 0 Å². The summed E-state index contributed by atoms with van der Waals surface area (Å²) in [6.45, 7) is 0.802. The van der Waals surface area contributed by atoms with Crippen molar-refractivity contribution in [1.29, 1.82) is 0 Å². The Morgan fingerprint density at radius 3 is 2.80 bits per heavy atom.